The van der Waals surface area contributed by atoms with Gasteiger partial charge in [-0.05, 0) is 66.6 Å². The van der Waals surface area contributed by atoms with Crippen LogP contribution < -0.4 is 31.3 Å². The number of hydrogen-bond donors (Lipinski definition) is 0. The van der Waals surface area contributed by atoms with E-state index < -0.39 is 0 Å². The van der Waals surface area contributed by atoms with Gasteiger partial charge in [0.2, 0.25) is 0 Å². The van der Waals surface area contributed by atoms with Crippen LogP contribution in [0.2, 0.25) is 0 Å². The molecular formula is C28H20. The van der Waals surface area contributed by atoms with E-state index in [1.807, 2.05) is 0 Å². The zero-order valence-corrected chi connectivity index (χ0v) is 15.6. The lowest BCUT2D eigenvalue weighted by Crippen LogP contribution is -2.33. The first-order valence-electron chi connectivity index (χ1n) is 9.97. The molecule has 0 radical (unpaired) electrons. The van der Waals surface area contributed by atoms with Crippen molar-refractivity contribution in [2.24, 2.45) is 5.92 Å². The lowest BCUT2D eigenvalue weighted by Gasteiger charge is -2.16. The normalized spacial score (nSPS) is 16.4. The molecule has 0 bridgehead atoms. The number of hydrogen-bond acceptors (Lipinski definition) is 0. The summed E-state index contributed by atoms with van der Waals surface area (Å²) < 4.78 is 0. The third kappa shape index (κ3) is 2.38. The maximum atomic E-state index is 2.42. The van der Waals surface area contributed by atoms with Gasteiger partial charge in [0.15, 0.2) is 0 Å². The molecule has 0 amide bonds. The molecule has 0 saturated carbocycles. The summed E-state index contributed by atoms with van der Waals surface area (Å²) >= 11 is 0. The molecule has 6 rings (SSSR count). The van der Waals surface area contributed by atoms with E-state index >= 15 is 0 Å². The molecule has 132 valence electrons. The Morgan fingerprint density at radius 2 is 1.29 bits per heavy atom. The molecule has 3 aromatic carbocycles. The van der Waals surface area contributed by atoms with Gasteiger partial charge in [-0.1, -0.05) is 91.0 Å². The molecule has 0 heterocycles. The lowest BCUT2D eigenvalue weighted by atomic mass is 9.88. The molecule has 0 nitrogen and oxygen atoms in total. The fraction of sp³-hybridized carbons (Fsp3) is 0.0714. The minimum Gasteiger partial charge on any atom is -0.0798 e. The van der Waals surface area contributed by atoms with Gasteiger partial charge >= 0.3 is 0 Å². The van der Waals surface area contributed by atoms with E-state index in [0.717, 1.165) is 6.42 Å². The van der Waals surface area contributed by atoms with Crippen molar-refractivity contribution < 1.29 is 0 Å². The third-order valence-electron chi connectivity index (χ3n) is 6.10. The standard InChI is InChI=1S/C28H20/c1-2-8-21-16-24(15-20(21)7-1)26-13-5-11-19-12-6-14-27(28(19)26)25-17-22-9-3-4-10-23(22)18-25/h1-13,15-18,25H,14H2. The van der Waals surface area contributed by atoms with Crippen LogP contribution in [-0.2, 0) is 0 Å². The van der Waals surface area contributed by atoms with Crippen molar-refractivity contribution in [3.8, 4) is 0 Å². The lowest BCUT2D eigenvalue weighted by molar-refractivity contribution is 1.13. The molecule has 28 heavy (non-hydrogen) atoms. The van der Waals surface area contributed by atoms with Crippen LogP contribution in [0.5, 0.6) is 0 Å². The molecule has 0 heteroatoms. The van der Waals surface area contributed by atoms with Crippen molar-refractivity contribution >= 4 is 41.5 Å². The maximum Gasteiger partial charge on any atom is 0.0188 e. The monoisotopic (exact) mass is 356 g/mol. The van der Waals surface area contributed by atoms with Crippen LogP contribution in [0.3, 0.4) is 0 Å². The van der Waals surface area contributed by atoms with E-state index in [2.05, 4.69) is 103 Å². The third-order valence-corrected chi connectivity index (χ3v) is 6.10. The minimum absolute atomic E-state index is 0.367. The Morgan fingerprint density at radius 3 is 1.96 bits per heavy atom. The molecule has 0 saturated heterocycles. The Balaban J connectivity index is 1.70. The topological polar surface area (TPSA) is 0 Å². The predicted octanol–water partition coefficient (Wildman–Crippen LogP) is 1.57. The molecule has 0 atom stereocenters. The summed E-state index contributed by atoms with van der Waals surface area (Å²) in [5.74, 6) is 0.367. The van der Waals surface area contributed by atoms with Gasteiger partial charge in [0.25, 0.3) is 0 Å². The second-order valence-electron chi connectivity index (χ2n) is 7.76. The summed E-state index contributed by atoms with van der Waals surface area (Å²) in [4.78, 5) is 0. The van der Waals surface area contributed by atoms with Gasteiger partial charge in [-0.25, -0.2) is 0 Å². The Bertz CT molecular complexity index is 1460. The first-order valence-corrected chi connectivity index (χ1v) is 9.97. The van der Waals surface area contributed by atoms with Gasteiger partial charge in [0.1, 0.15) is 0 Å². The Kier molecular flexibility index (Phi) is 3.39. The van der Waals surface area contributed by atoms with Gasteiger partial charge in [0, 0.05) is 5.92 Å². The molecule has 0 aliphatic heterocycles. The highest BCUT2D eigenvalue weighted by atomic mass is 14.2. The highest BCUT2D eigenvalue weighted by Crippen LogP contribution is 2.23. The van der Waals surface area contributed by atoms with Gasteiger partial charge in [0.05, 0.1) is 0 Å². The fourth-order valence-electron chi connectivity index (χ4n) is 4.78. The van der Waals surface area contributed by atoms with Crippen molar-refractivity contribution in [1.29, 1.82) is 0 Å². The van der Waals surface area contributed by atoms with Gasteiger partial charge in [-0.15, -0.1) is 0 Å². The first kappa shape index (κ1) is 15.7. The largest absolute Gasteiger partial charge is 0.0798 e. The van der Waals surface area contributed by atoms with E-state index in [1.165, 1.54) is 48.0 Å². The second kappa shape index (κ2) is 6.07. The Labute approximate surface area is 163 Å². The number of allylic oxidation sites excluding steroid dienone is 1. The SMILES string of the molecule is C1=Cc2cccc(=C3C=c4ccccc4=C3)c2=C(C2C=c3ccccc3=C2)C1. The van der Waals surface area contributed by atoms with Crippen LogP contribution in [0, 0.1) is 5.92 Å². The highest BCUT2D eigenvalue weighted by molar-refractivity contribution is 5.99. The van der Waals surface area contributed by atoms with Crippen molar-refractivity contribution in [1.82, 2.24) is 0 Å². The summed E-state index contributed by atoms with van der Waals surface area (Å²) in [6.07, 6.45) is 15.1. The van der Waals surface area contributed by atoms with Crippen molar-refractivity contribution in [2.75, 3.05) is 0 Å². The smallest absolute Gasteiger partial charge is 0.0188 e. The summed E-state index contributed by atoms with van der Waals surface area (Å²) in [7, 11) is 0. The zero-order chi connectivity index (χ0) is 18.5. The Hall–Kier alpha value is -3.38. The minimum atomic E-state index is 0.367. The van der Waals surface area contributed by atoms with Crippen LogP contribution in [-0.4, -0.2) is 0 Å². The van der Waals surface area contributed by atoms with Crippen LogP contribution >= 0.6 is 0 Å². The molecule has 0 spiro atoms. The molecule has 0 aromatic heterocycles. The molecule has 3 aliphatic carbocycles. The second-order valence-corrected chi connectivity index (χ2v) is 7.76. The van der Waals surface area contributed by atoms with E-state index in [-0.39, 0.29) is 0 Å². The van der Waals surface area contributed by atoms with E-state index in [4.69, 9.17) is 0 Å². The van der Waals surface area contributed by atoms with Gasteiger partial charge in [-0.2, -0.15) is 0 Å². The van der Waals surface area contributed by atoms with E-state index in [0.29, 0.717) is 5.92 Å². The quantitative estimate of drug-likeness (QED) is 0.621. The Morgan fingerprint density at radius 1 is 0.643 bits per heavy atom. The maximum absolute atomic E-state index is 2.42. The summed E-state index contributed by atoms with van der Waals surface area (Å²) in [5, 5.41) is 8.11. The molecular weight excluding hydrogens is 336 g/mol. The van der Waals surface area contributed by atoms with Crippen molar-refractivity contribution in [3.63, 3.8) is 0 Å². The predicted molar refractivity (Wildman–Crippen MR) is 119 cm³/mol. The van der Waals surface area contributed by atoms with Crippen LogP contribution in [0.4, 0.5) is 0 Å². The van der Waals surface area contributed by atoms with Gasteiger partial charge in [-0.3, -0.25) is 0 Å². The number of fused-ring (bicyclic) bond motifs is 3. The van der Waals surface area contributed by atoms with Crippen LogP contribution in [0.15, 0.2) is 72.8 Å². The van der Waals surface area contributed by atoms with Crippen molar-refractivity contribution in [2.45, 2.75) is 6.42 Å². The highest BCUT2D eigenvalue weighted by Gasteiger charge is 2.17. The van der Waals surface area contributed by atoms with Crippen LogP contribution in [0.1, 0.15) is 12.0 Å². The average Bonchev–Trinajstić information content (AvgIpc) is 3.37. The number of rotatable bonds is 1. The first-order chi connectivity index (χ1) is 13.9. The van der Waals surface area contributed by atoms with Crippen molar-refractivity contribution in [3.05, 3.63) is 110 Å². The zero-order valence-electron chi connectivity index (χ0n) is 15.6. The molecule has 0 N–H and O–H groups in total. The van der Waals surface area contributed by atoms with E-state index in [9.17, 15) is 0 Å². The fourth-order valence-corrected chi connectivity index (χ4v) is 4.78. The molecule has 3 aromatic rings. The summed E-state index contributed by atoms with van der Waals surface area (Å²) in [6, 6.07) is 24.1. The van der Waals surface area contributed by atoms with Gasteiger partial charge < -0.3 is 0 Å². The summed E-state index contributed by atoms with van der Waals surface area (Å²) in [5.41, 5.74) is 4.16. The molecule has 0 fully saturated rings. The van der Waals surface area contributed by atoms with Crippen LogP contribution in [0.25, 0.3) is 41.5 Å². The molecule has 3 aliphatic rings. The van der Waals surface area contributed by atoms with E-state index in [1.54, 1.807) is 0 Å². The average molecular weight is 356 g/mol. The molecule has 0 unspecified atom stereocenters. The summed E-state index contributed by atoms with van der Waals surface area (Å²) in [6.45, 7) is 0. The number of benzene rings is 3.